The highest BCUT2D eigenvalue weighted by Gasteiger charge is 2.50. The van der Waals surface area contributed by atoms with Gasteiger partial charge in [-0.1, -0.05) is 45.9 Å². The van der Waals surface area contributed by atoms with Crippen LogP contribution in [0.3, 0.4) is 0 Å². The van der Waals surface area contributed by atoms with Gasteiger partial charge in [-0.05, 0) is 51.7 Å². The summed E-state index contributed by atoms with van der Waals surface area (Å²) in [5.74, 6) is -11.6. The molecule has 4 aliphatic heterocycles. The van der Waals surface area contributed by atoms with Crippen molar-refractivity contribution in [3.63, 3.8) is 0 Å². The monoisotopic (exact) mass is 1100 g/mol. The van der Waals surface area contributed by atoms with E-state index in [0.717, 1.165) is 31.4 Å². The van der Waals surface area contributed by atoms with Crippen molar-refractivity contribution in [2.45, 2.75) is 123 Å². The molecule has 1 aliphatic carbocycles. The van der Waals surface area contributed by atoms with Gasteiger partial charge in [-0.3, -0.25) is 19.2 Å². The molecule has 5 bridgehead atoms. The van der Waals surface area contributed by atoms with Gasteiger partial charge >= 0.3 is 17.7 Å². The average molecular weight is 1100 g/mol. The number of hydrogen-bond donors (Lipinski definition) is 8. The summed E-state index contributed by atoms with van der Waals surface area (Å²) < 4.78 is 47.6. The first kappa shape index (κ1) is 57.5. The largest absolute Gasteiger partial charge is 0.507 e. The van der Waals surface area contributed by atoms with Gasteiger partial charge in [0.05, 0.1) is 77.0 Å². The smallest absolute Gasteiger partial charge is 0.341 e. The minimum absolute atomic E-state index is 0.0261. The molecule has 1 saturated heterocycles. The first-order valence-corrected chi connectivity index (χ1v) is 26.2. The van der Waals surface area contributed by atoms with E-state index in [4.69, 9.17) is 23.7 Å². The van der Waals surface area contributed by atoms with E-state index in [1.807, 2.05) is 0 Å². The number of aromatic hydroxyl groups is 3. The summed E-state index contributed by atoms with van der Waals surface area (Å²) in [7, 11) is 2.75. The highest BCUT2D eigenvalue weighted by molar-refractivity contribution is 6.24. The predicted molar refractivity (Wildman–Crippen MR) is 290 cm³/mol. The van der Waals surface area contributed by atoms with Crippen LogP contribution in [0.2, 0.25) is 0 Å². The van der Waals surface area contributed by atoms with Gasteiger partial charge in [0, 0.05) is 86.5 Å². The molecule has 1 unspecified atom stereocenters. The number of anilines is 2. The molecule has 10 atom stereocenters. The Morgan fingerprint density at radius 2 is 1.67 bits per heavy atom. The molecule has 0 radical (unpaired) electrons. The van der Waals surface area contributed by atoms with Crippen molar-refractivity contribution in [3.05, 3.63) is 86.7 Å². The van der Waals surface area contributed by atoms with Gasteiger partial charge in [0.15, 0.2) is 17.3 Å². The summed E-state index contributed by atoms with van der Waals surface area (Å²) in [5.41, 5.74) is 1.04. The number of aromatic carboxylic acids is 1. The zero-order valence-corrected chi connectivity index (χ0v) is 45.6. The maximum Gasteiger partial charge on any atom is 0.341 e. The molecule has 5 aliphatic rings. The highest BCUT2D eigenvalue weighted by Crippen LogP contribution is 2.55. The number of ketones is 1. The number of amides is 1. The maximum atomic E-state index is 16.4. The van der Waals surface area contributed by atoms with Crippen molar-refractivity contribution >= 4 is 62.9 Å². The van der Waals surface area contributed by atoms with Gasteiger partial charge in [0.25, 0.3) is 11.7 Å². The number of Topliss-reactive ketones (excluding diaryl/α,β-unsaturated/α-hetero) is 1. The fourth-order valence-electron chi connectivity index (χ4n) is 11.1. The number of pyridine rings is 1. The van der Waals surface area contributed by atoms with Gasteiger partial charge < -0.3 is 74.5 Å². The topological polar surface area (TPSA) is 297 Å². The van der Waals surface area contributed by atoms with Gasteiger partial charge in [0.2, 0.25) is 5.43 Å². The lowest BCUT2D eigenvalue weighted by Crippen LogP contribution is -2.46. The first-order valence-electron chi connectivity index (χ1n) is 26.2. The van der Waals surface area contributed by atoms with E-state index < -0.39 is 129 Å². The van der Waals surface area contributed by atoms with Crippen LogP contribution in [0.15, 0.2) is 58.3 Å². The Hall–Kier alpha value is -7.69. The number of nitrogens with zero attached hydrogens (tertiary/aromatic N) is 3. The Morgan fingerprint density at radius 3 is 2.32 bits per heavy atom. The number of aromatic nitrogens is 1. The standard InChI is InChI=1S/C57H68FN5O16/c1-25-13-11-14-26(2)55(72)60-42-35(22-59-61-32-15-12-19-62(23-32)44-37(58)21-34-43(53(44)76-10)63(33-16-17-33)24-36(48(34)68)56(73)74)49(69)39-40(50(42)70)47(67)30(6)52-41(39)54(71)57(8,79-52)77-20-18-38(75-9)27(3)51(78-31(7)64)29(5)46(66)28(4)45(25)65/h11,13-14,18,20-22,24-25,27-29,32-33,38,45-46,51,61,65-67,69-70H,12,15-17,19,23H2,1-10H3,(H,60,72)(H,73,74)/b13-11+,20-18+,26-14-,59-22+/t25-,27+,28+,29+,32?,38-,45-,46+,51+,57-/m0/s1. The quantitative estimate of drug-likeness (QED) is 0.0280. The molecule has 424 valence electrons. The van der Waals surface area contributed by atoms with Gasteiger partial charge in [-0.2, -0.15) is 5.10 Å². The van der Waals surface area contributed by atoms with Crippen molar-refractivity contribution in [1.29, 1.82) is 0 Å². The third-order valence-corrected chi connectivity index (χ3v) is 15.8. The summed E-state index contributed by atoms with van der Waals surface area (Å²) in [4.78, 5) is 68.4. The van der Waals surface area contributed by atoms with Crippen LogP contribution in [0.4, 0.5) is 15.8 Å². The van der Waals surface area contributed by atoms with Crippen LogP contribution < -0.4 is 30.5 Å². The van der Waals surface area contributed by atoms with Crippen molar-refractivity contribution in [1.82, 2.24) is 9.99 Å². The number of ether oxygens (including phenoxy) is 5. The lowest BCUT2D eigenvalue weighted by molar-refractivity contribution is -0.160. The molecule has 1 aromatic heterocycles. The highest BCUT2D eigenvalue weighted by atomic mass is 19.1. The van der Waals surface area contributed by atoms with Crippen molar-refractivity contribution in [2.75, 3.05) is 37.5 Å². The lowest BCUT2D eigenvalue weighted by atomic mass is 9.78. The van der Waals surface area contributed by atoms with E-state index in [-0.39, 0.29) is 68.3 Å². The summed E-state index contributed by atoms with van der Waals surface area (Å²) in [6, 6.07) is 0.391. The number of aliphatic hydroxyl groups excluding tert-OH is 2. The molecule has 1 saturated carbocycles. The van der Waals surface area contributed by atoms with E-state index >= 15 is 4.39 Å². The molecule has 5 heterocycles. The van der Waals surface area contributed by atoms with Crippen LogP contribution in [-0.2, 0) is 23.8 Å². The number of esters is 1. The molecule has 0 spiro atoms. The second-order valence-electron chi connectivity index (χ2n) is 21.2. The number of nitrogens with one attached hydrogen (secondary N) is 2. The van der Waals surface area contributed by atoms with Crippen LogP contribution in [0.5, 0.6) is 28.7 Å². The van der Waals surface area contributed by atoms with E-state index in [1.165, 1.54) is 66.3 Å². The normalized spacial score (nSPS) is 28.5. The molecular weight excluding hydrogens is 1030 g/mol. The number of allylic oxidation sites excluding steroid dienone is 2. The SMILES string of the molecule is COc1c(N2CCCC(N/N=C/c3c4c(O)c5c(O)c(C)c6c(c5c3O)C(=O)[C@@](C)(O/C=C/[C@H](OC)[C@@H](C)[C@@H](OC(C)=O)[C@H](C)[C@H](O)[C@H](C)[C@@H](O)[C@@H](C)/C=C/C=C(/C)C(=O)N4)O6)C2)c(F)cc2c(=O)c(C(=O)O)cn(C3CC3)c12. The number of carbonyl (C=O) groups is 4. The lowest BCUT2D eigenvalue weighted by Gasteiger charge is -2.38. The molecule has 21 nitrogen and oxygen atoms in total. The Balaban J connectivity index is 1.20. The van der Waals surface area contributed by atoms with E-state index in [9.17, 15) is 54.6 Å². The number of fused-ring (bicyclic) bond motifs is 15. The Kier molecular flexibility index (Phi) is 16.4. The van der Waals surface area contributed by atoms with E-state index in [2.05, 4.69) is 15.8 Å². The van der Waals surface area contributed by atoms with E-state index in [0.29, 0.717) is 19.4 Å². The molecule has 8 N–H and O–H groups in total. The fraction of sp³-hybridized carbons (Fsp3) is 0.474. The number of carboxylic acids is 1. The second-order valence-corrected chi connectivity index (χ2v) is 21.2. The summed E-state index contributed by atoms with van der Waals surface area (Å²) in [6.45, 7) is 12.7. The number of phenols is 3. The van der Waals surface area contributed by atoms with Gasteiger partial charge in [0.1, 0.15) is 34.6 Å². The zero-order chi connectivity index (χ0) is 57.7. The molecule has 2 fully saturated rings. The first-order chi connectivity index (χ1) is 37.4. The van der Waals surface area contributed by atoms with Gasteiger partial charge in [-0.25, -0.2) is 9.18 Å². The molecule has 9 rings (SSSR count). The molecular formula is C57H68FN5O16. The minimum atomic E-state index is -2.16. The number of piperidine rings is 1. The molecule has 22 heteroatoms. The Morgan fingerprint density at radius 1 is 0.962 bits per heavy atom. The number of aliphatic hydroxyl groups is 2. The van der Waals surface area contributed by atoms with Crippen molar-refractivity contribution < 1.29 is 77.9 Å². The number of carboxylic acid groups (broad SMARTS) is 1. The van der Waals surface area contributed by atoms with Crippen LogP contribution in [0.1, 0.15) is 112 Å². The average Bonchev–Trinajstić information content (AvgIpc) is 4.46. The van der Waals surface area contributed by atoms with Crippen molar-refractivity contribution in [3.8, 4) is 28.7 Å². The fourth-order valence-corrected chi connectivity index (χ4v) is 11.1. The summed E-state index contributed by atoms with van der Waals surface area (Å²) in [5, 5.41) is 75.5. The number of hydrogen-bond acceptors (Lipinski definition) is 18. The minimum Gasteiger partial charge on any atom is -0.507 e. The van der Waals surface area contributed by atoms with E-state index in [1.54, 1.807) is 43.2 Å². The van der Waals surface area contributed by atoms with Crippen LogP contribution in [-0.4, -0.2) is 129 Å². The molecule has 1 amide bonds. The predicted octanol–water partition coefficient (Wildman–Crippen LogP) is 6.84. The number of benzene rings is 3. The number of halogens is 1. The van der Waals surface area contributed by atoms with Gasteiger partial charge in [-0.15, -0.1) is 0 Å². The zero-order valence-electron chi connectivity index (χ0n) is 45.6. The summed E-state index contributed by atoms with van der Waals surface area (Å²) >= 11 is 0. The van der Waals surface area contributed by atoms with Crippen LogP contribution >= 0.6 is 0 Å². The maximum absolute atomic E-state index is 16.4. The molecule has 79 heavy (non-hydrogen) atoms. The van der Waals surface area contributed by atoms with Crippen molar-refractivity contribution in [2.24, 2.45) is 28.8 Å². The third-order valence-electron chi connectivity index (χ3n) is 15.8. The number of phenolic OH excluding ortho intramolecular Hbond substituents is 3. The summed E-state index contributed by atoms with van der Waals surface area (Å²) in [6.07, 6.45) is 7.90. The molecule has 3 aromatic carbocycles. The van der Waals surface area contributed by atoms with Crippen LogP contribution in [0.25, 0.3) is 21.7 Å². The Labute approximate surface area is 454 Å². The molecule has 4 aromatic rings. The Bertz CT molecular complexity index is 3310. The number of hydrazone groups is 1. The number of rotatable bonds is 9. The number of methoxy groups -OCH3 is 2. The second kappa shape index (κ2) is 22.6. The third kappa shape index (κ3) is 10.7. The van der Waals surface area contributed by atoms with Crippen LogP contribution in [0, 0.1) is 36.4 Å². The number of carbonyl (C=O) groups excluding carboxylic acids is 3.